The Morgan fingerprint density at radius 1 is 1.22 bits per heavy atom. The Morgan fingerprint density at radius 2 is 2.00 bits per heavy atom. The predicted octanol–water partition coefficient (Wildman–Crippen LogP) is 4.97. The number of carboxylic acid groups (broad SMARTS) is 1. The Bertz CT molecular complexity index is 965. The van der Waals surface area contributed by atoms with E-state index in [0.717, 1.165) is 16.7 Å². The van der Waals surface area contributed by atoms with Gasteiger partial charge in [0.25, 0.3) is 0 Å². The number of hydrogen-bond donors (Lipinski definition) is 1. The summed E-state index contributed by atoms with van der Waals surface area (Å²) in [5, 5.41) is 10.0. The van der Waals surface area contributed by atoms with Crippen LogP contribution in [-0.2, 0) is 13.0 Å². The maximum Gasteiger partial charge on any atom is 0.347 e. The Hall–Kier alpha value is -2.86. The van der Waals surface area contributed by atoms with Crippen LogP contribution in [0.4, 0.5) is 0 Å². The summed E-state index contributed by atoms with van der Waals surface area (Å²) in [6.07, 6.45) is 0.563. The molecule has 0 spiro atoms. The molecule has 0 saturated carbocycles. The van der Waals surface area contributed by atoms with Crippen LogP contribution in [0.15, 0.2) is 42.5 Å². The van der Waals surface area contributed by atoms with E-state index in [2.05, 4.69) is 4.98 Å². The van der Waals surface area contributed by atoms with Gasteiger partial charge in [0, 0.05) is 6.07 Å². The lowest BCUT2D eigenvalue weighted by molar-refractivity contribution is 0.0701. The van der Waals surface area contributed by atoms with Gasteiger partial charge in [0.2, 0.25) is 0 Å². The minimum absolute atomic E-state index is 0.271. The smallest absolute Gasteiger partial charge is 0.347 e. The first-order valence-electron chi connectivity index (χ1n) is 8.62. The van der Waals surface area contributed by atoms with Crippen LogP contribution in [0, 0.1) is 6.92 Å². The lowest BCUT2D eigenvalue weighted by Gasteiger charge is -2.13. The van der Waals surface area contributed by atoms with E-state index in [-0.39, 0.29) is 4.88 Å². The van der Waals surface area contributed by atoms with Crippen molar-refractivity contribution in [2.45, 2.75) is 26.9 Å². The average molecular weight is 383 g/mol. The number of aromatic carboxylic acids is 1. The number of carboxylic acids is 1. The van der Waals surface area contributed by atoms with Crippen LogP contribution in [0.1, 0.15) is 33.4 Å². The van der Waals surface area contributed by atoms with Crippen molar-refractivity contribution in [1.29, 1.82) is 0 Å². The molecular formula is C21H21NO4S. The van der Waals surface area contributed by atoms with Crippen molar-refractivity contribution in [3.05, 3.63) is 64.2 Å². The summed E-state index contributed by atoms with van der Waals surface area (Å²) in [6, 6.07) is 13.5. The summed E-state index contributed by atoms with van der Waals surface area (Å²) in [4.78, 5) is 16.3. The molecule has 1 heterocycles. The number of ether oxygens (including phenoxy) is 2. The molecular weight excluding hydrogens is 362 g/mol. The summed E-state index contributed by atoms with van der Waals surface area (Å²) < 4.78 is 11.4. The van der Waals surface area contributed by atoms with Crippen molar-refractivity contribution < 1.29 is 19.4 Å². The molecule has 0 fully saturated rings. The van der Waals surface area contributed by atoms with E-state index < -0.39 is 5.97 Å². The van der Waals surface area contributed by atoms with Crippen molar-refractivity contribution in [2.75, 3.05) is 7.11 Å². The van der Waals surface area contributed by atoms with Crippen molar-refractivity contribution in [1.82, 2.24) is 4.98 Å². The third-order valence-electron chi connectivity index (χ3n) is 4.29. The first kappa shape index (κ1) is 18.9. The molecule has 5 nitrogen and oxygen atoms in total. The summed E-state index contributed by atoms with van der Waals surface area (Å²) in [5.74, 6) is 0.335. The average Bonchev–Trinajstić information content (AvgIpc) is 3.11. The van der Waals surface area contributed by atoms with Crippen LogP contribution in [0.2, 0.25) is 0 Å². The molecule has 0 aliphatic heterocycles. The molecule has 0 radical (unpaired) electrons. The van der Waals surface area contributed by atoms with Gasteiger partial charge < -0.3 is 14.6 Å². The molecule has 6 heteroatoms. The fraction of sp³-hybridized carbons (Fsp3) is 0.238. The molecule has 1 aromatic heterocycles. The van der Waals surface area contributed by atoms with Gasteiger partial charge in [-0.15, -0.1) is 11.3 Å². The van der Waals surface area contributed by atoms with Gasteiger partial charge >= 0.3 is 5.97 Å². The van der Waals surface area contributed by atoms with Crippen LogP contribution >= 0.6 is 11.3 Å². The van der Waals surface area contributed by atoms with Gasteiger partial charge in [0.15, 0.2) is 0 Å². The molecule has 0 saturated heterocycles. The quantitative estimate of drug-likeness (QED) is 0.624. The highest BCUT2D eigenvalue weighted by Crippen LogP contribution is 2.37. The van der Waals surface area contributed by atoms with E-state index in [1.165, 1.54) is 11.3 Å². The Kier molecular flexibility index (Phi) is 5.76. The molecule has 0 unspecified atom stereocenters. The number of aromatic nitrogens is 1. The standard InChI is InChI=1S/C21H21NO4S/c1-4-17-19(21(23)24)27-20(22-17)16-10-9-15(25-3)11-18(16)26-12-14-8-6-5-7-13(14)2/h5-11H,4,12H2,1-3H3,(H,23,24). The molecule has 0 amide bonds. The number of nitrogens with zero attached hydrogens (tertiary/aromatic N) is 1. The lowest BCUT2D eigenvalue weighted by Crippen LogP contribution is -1.99. The highest BCUT2D eigenvalue weighted by Gasteiger charge is 2.19. The third-order valence-corrected chi connectivity index (χ3v) is 5.41. The number of thiazole rings is 1. The molecule has 2 aromatic carbocycles. The summed E-state index contributed by atoms with van der Waals surface area (Å²) in [6.45, 7) is 4.35. The second kappa shape index (κ2) is 8.22. The van der Waals surface area contributed by atoms with Crippen LogP contribution in [-0.4, -0.2) is 23.2 Å². The molecule has 3 rings (SSSR count). The molecule has 0 aliphatic carbocycles. The number of hydrogen-bond acceptors (Lipinski definition) is 5. The molecule has 140 valence electrons. The minimum Gasteiger partial charge on any atom is -0.497 e. The number of aryl methyl sites for hydroxylation is 2. The van der Waals surface area contributed by atoms with E-state index in [4.69, 9.17) is 9.47 Å². The molecule has 0 bridgehead atoms. The predicted molar refractivity (Wildman–Crippen MR) is 106 cm³/mol. The van der Waals surface area contributed by atoms with E-state index in [1.54, 1.807) is 13.2 Å². The zero-order chi connectivity index (χ0) is 19.4. The minimum atomic E-state index is -0.952. The molecule has 0 atom stereocenters. The van der Waals surface area contributed by atoms with E-state index in [0.29, 0.717) is 35.2 Å². The fourth-order valence-electron chi connectivity index (χ4n) is 2.73. The number of benzene rings is 2. The largest absolute Gasteiger partial charge is 0.497 e. The van der Waals surface area contributed by atoms with Crippen LogP contribution < -0.4 is 9.47 Å². The second-order valence-corrected chi connectivity index (χ2v) is 7.03. The highest BCUT2D eigenvalue weighted by atomic mass is 32.1. The topological polar surface area (TPSA) is 68.7 Å². The first-order valence-corrected chi connectivity index (χ1v) is 9.43. The number of rotatable bonds is 7. The van der Waals surface area contributed by atoms with Gasteiger partial charge in [-0.3, -0.25) is 0 Å². The molecule has 1 N–H and O–H groups in total. The highest BCUT2D eigenvalue weighted by molar-refractivity contribution is 7.17. The Labute approximate surface area is 162 Å². The van der Waals surface area contributed by atoms with Crippen molar-refractivity contribution in [3.8, 4) is 22.1 Å². The van der Waals surface area contributed by atoms with E-state index in [9.17, 15) is 9.90 Å². The van der Waals surface area contributed by atoms with Gasteiger partial charge in [0.1, 0.15) is 28.0 Å². The Balaban J connectivity index is 1.98. The summed E-state index contributed by atoms with van der Waals surface area (Å²) in [7, 11) is 1.60. The SMILES string of the molecule is CCc1nc(-c2ccc(OC)cc2OCc2ccccc2C)sc1C(=O)O. The second-order valence-electron chi connectivity index (χ2n) is 6.03. The van der Waals surface area contributed by atoms with Gasteiger partial charge in [-0.25, -0.2) is 9.78 Å². The summed E-state index contributed by atoms with van der Waals surface area (Å²) >= 11 is 1.17. The normalized spacial score (nSPS) is 10.6. The number of carbonyl (C=O) groups is 1. The number of methoxy groups -OCH3 is 1. The zero-order valence-corrected chi connectivity index (χ0v) is 16.3. The third kappa shape index (κ3) is 4.11. The van der Waals surface area contributed by atoms with Gasteiger partial charge in [-0.2, -0.15) is 0 Å². The maximum atomic E-state index is 11.5. The fourth-order valence-corrected chi connectivity index (χ4v) is 3.75. The monoisotopic (exact) mass is 383 g/mol. The van der Waals surface area contributed by atoms with Crippen LogP contribution in [0.3, 0.4) is 0 Å². The van der Waals surface area contributed by atoms with Crippen LogP contribution in [0.5, 0.6) is 11.5 Å². The van der Waals surface area contributed by atoms with Gasteiger partial charge in [-0.05, 0) is 36.6 Å². The maximum absolute atomic E-state index is 11.5. The zero-order valence-electron chi connectivity index (χ0n) is 15.5. The van der Waals surface area contributed by atoms with Crippen molar-refractivity contribution >= 4 is 17.3 Å². The first-order chi connectivity index (χ1) is 13.0. The van der Waals surface area contributed by atoms with Crippen molar-refractivity contribution in [2.24, 2.45) is 0 Å². The Morgan fingerprint density at radius 3 is 2.63 bits per heavy atom. The van der Waals surface area contributed by atoms with E-state index in [1.807, 2.05) is 50.2 Å². The van der Waals surface area contributed by atoms with Gasteiger partial charge in [0.05, 0.1) is 18.4 Å². The summed E-state index contributed by atoms with van der Waals surface area (Å²) in [5.41, 5.74) is 3.59. The molecule has 0 aliphatic rings. The van der Waals surface area contributed by atoms with Gasteiger partial charge in [-0.1, -0.05) is 31.2 Å². The van der Waals surface area contributed by atoms with E-state index >= 15 is 0 Å². The lowest BCUT2D eigenvalue weighted by atomic mass is 10.1. The van der Waals surface area contributed by atoms with Crippen molar-refractivity contribution in [3.63, 3.8) is 0 Å². The molecule has 3 aromatic rings. The van der Waals surface area contributed by atoms with Crippen LogP contribution in [0.25, 0.3) is 10.6 Å². The molecule has 27 heavy (non-hydrogen) atoms.